The van der Waals surface area contributed by atoms with Gasteiger partial charge in [-0.05, 0) is 50.1 Å². The van der Waals surface area contributed by atoms with Gasteiger partial charge in [-0.15, -0.1) is 0 Å². The minimum Gasteiger partial charge on any atom is -0.369 e. The molecule has 2 aromatic rings. The Balaban J connectivity index is 1.78. The average molecular weight is 396 g/mol. The molecule has 2 aromatic carbocycles. The van der Waals surface area contributed by atoms with Crippen molar-refractivity contribution in [3.63, 3.8) is 0 Å². The first-order chi connectivity index (χ1) is 13.6. The van der Waals surface area contributed by atoms with E-state index in [9.17, 15) is 14.0 Å². The molecule has 3 N–H and O–H groups in total. The van der Waals surface area contributed by atoms with Crippen LogP contribution in [0.5, 0.6) is 0 Å². The number of halogens is 1. The molecule has 1 aliphatic rings. The third-order valence-corrected chi connectivity index (χ3v) is 4.79. The zero-order valence-electron chi connectivity index (χ0n) is 16.8. The Bertz CT molecular complexity index is 957. The van der Waals surface area contributed by atoms with Gasteiger partial charge in [0.1, 0.15) is 5.82 Å². The van der Waals surface area contributed by atoms with Crippen molar-refractivity contribution in [2.24, 2.45) is 10.7 Å². The number of aliphatic imine (C=N–C) groups is 1. The molecule has 7 heteroatoms. The lowest BCUT2D eigenvalue weighted by Gasteiger charge is -2.32. The van der Waals surface area contributed by atoms with Gasteiger partial charge < -0.3 is 11.1 Å². The highest BCUT2D eigenvalue weighted by molar-refractivity contribution is 5.99. The van der Waals surface area contributed by atoms with E-state index in [0.29, 0.717) is 5.56 Å². The van der Waals surface area contributed by atoms with Crippen LogP contribution in [0.4, 0.5) is 4.39 Å². The monoisotopic (exact) mass is 396 g/mol. The highest BCUT2D eigenvalue weighted by Gasteiger charge is 2.32. The maximum Gasteiger partial charge on any atom is 0.251 e. The van der Waals surface area contributed by atoms with E-state index >= 15 is 0 Å². The Kier molecular flexibility index (Phi) is 5.68. The topological polar surface area (TPSA) is 87.8 Å². The molecule has 6 nitrogen and oxygen atoms in total. The van der Waals surface area contributed by atoms with Gasteiger partial charge in [0.15, 0.2) is 5.96 Å². The van der Waals surface area contributed by atoms with Crippen LogP contribution in [0.25, 0.3) is 0 Å². The summed E-state index contributed by atoms with van der Waals surface area (Å²) in [4.78, 5) is 30.7. The van der Waals surface area contributed by atoms with Crippen LogP contribution < -0.4 is 11.1 Å². The number of amides is 2. The number of nitrogens with zero attached hydrogens (tertiary/aromatic N) is 2. The minimum absolute atomic E-state index is 0.0521. The van der Waals surface area contributed by atoms with Crippen molar-refractivity contribution in [1.82, 2.24) is 10.2 Å². The van der Waals surface area contributed by atoms with Crippen molar-refractivity contribution in [2.45, 2.75) is 45.3 Å². The number of hydrogen-bond acceptors (Lipinski definition) is 4. The Morgan fingerprint density at radius 1 is 1.28 bits per heavy atom. The van der Waals surface area contributed by atoms with Crippen molar-refractivity contribution in [3.05, 3.63) is 71.0 Å². The molecule has 29 heavy (non-hydrogen) atoms. The molecule has 1 atom stereocenters. The molecule has 0 bridgehead atoms. The average Bonchev–Trinajstić information content (AvgIpc) is 2.64. The molecule has 0 saturated carbocycles. The number of guanidine groups is 1. The van der Waals surface area contributed by atoms with Crippen molar-refractivity contribution in [1.29, 1.82) is 0 Å². The van der Waals surface area contributed by atoms with Gasteiger partial charge in [0.05, 0.1) is 24.5 Å². The van der Waals surface area contributed by atoms with Crippen molar-refractivity contribution < 1.29 is 14.0 Å². The highest BCUT2D eigenvalue weighted by Crippen LogP contribution is 2.23. The van der Waals surface area contributed by atoms with Crippen LogP contribution in [0.1, 0.15) is 54.7 Å². The maximum absolute atomic E-state index is 14.2. The molecule has 0 unspecified atom stereocenters. The first kappa shape index (κ1) is 20.5. The molecule has 0 saturated heterocycles. The zero-order chi connectivity index (χ0) is 21.2. The summed E-state index contributed by atoms with van der Waals surface area (Å²) in [6.45, 7) is 5.57. The number of carbonyl (C=O) groups excluding carboxylic acids is 2. The van der Waals surface area contributed by atoms with Gasteiger partial charge in [-0.3, -0.25) is 14.5 Å². The summed E-state index contributed by atoms with van der Waals surface area (Å²) in [7, 11) is 0. The highest BCUT2D eigenvalue weighted by atomic mass is 19.1. The van der Waals surface area contributed by atoms with Gasteiger partial charge in [0.2, 0.25) is 5.91 Å². The third-order valence-electron chi connectivity index (χ3n) is 4.79. The van der Waals surface area contributed by atoms with Gasteiger partial charge >= 0.3 is 0 Å². The first-order valence-electron chi connectivity index (χ1n) is 9.45. The second kappa shape index (κ2) is 8.03. The van der Waals surface area contributed by atoms with Crippen molar-refractivity contribution in [2.75, 3.05) is 0 Å². The van der Waals surface area contributed by atoms with Crippen LogP contribution in [-0.2, 0) is 11.3 Å². The van der Waals surface area contributed by atoms with E-state index in [1.165, 1.54) is 17.0 Å². The fourth-order valence-electron chi connectivity index (χ4n) is 3.33. The number of nitrogens with two attached hydrogens (primary N) is 1. The van der Waals surface area contributed by atoms with Gasteiger partial charge in [-0.25, -0.2) is 9.38 Å². The normalized spacial score (nSPS) is 16.9. The lowest BCUT2D eigenvalue weighted by molar-refractivity contribution is -0.129. The second-order valence-electron chi connectivity index (χ2n) is 7.89. The van der Waals surface area contributed by atoms with Crippen LogP contribution in [0.15, 0.2) is 53.5 Å². The summed E-state index contributed by atoms with van der Waals surface area (Å²) in [5.74, 6) is -1.04. The van der Waals surface area contributed by atoms with E-state index in [2.05, 4.69) is 10.3 Å². The van der Waals surface area contributed by atoms with E-state index in [4.69, 9.17) is 5.73 Å². The number of nitrogens with one attached hydrogen (secondary N) is 1. The van der Waals surface area contributed by atoms with Crippen LogP contribution in [0.3, 0.4) is 0 Å². The van der Waals surface area contributed by atoms with E-state index in [-0.39, 0.29) is 36.4 Å². The summed E-state index contributed by atoms with van der Waals surface area (Å²) in [6, 6.07) is 13.3. The summed E-state index contributed by atoms with van der Waals surface area (Å²) >= 11 is 0. The molecular formula is C22H25FN4O2. The predicted octanol–water partition coefficient (Wildman–Crippen LogP) is 3.14. The number of rotatable bonds is 5. The lowest BCUT2D eigenvalue weighted by atomic mass is 9.98. The zero-order valence-corrected chi connectivity index (χ0v) is 16.8. The van der Waals surface area contributed by atoms with Gasteiger partial charge in [-0.1, -0.05) is 30.3 Å². The third kappa shape index (κ3) is 4.99. The summed E-state index contributed by atoms with van der Waals surface area (Å²) < 4.78 is 14.2. The second-order valence-corrected chi connectivity index (χ2v) is 7.89. The Hall–Kier alpha value is -3.22. The molecule has 152 valence electrons. The van der Waals surface area contributed by atoms with E-state index < -0.39 is 17.3 Å². The van der Waals surface area contributed by atoms with E-state index in [1.807, 2.05) is 51.1 Å². The SMILES string of the molecule is C[C@H](NC(=O)c1cc(F)cc(CN2C(=O)CC(C)(C)N=C2N)c1)c1ccccc1. The van der Waals surface area contributed by atoms with E-state index in [0.717, 1.165) is 5.56 Å². The molecule has 0 fully saturated rings. The summed E-state index contributed by atoms with van der Waals surface area (Å²) in [5, 5.41) is 2.86. The quantitative estimate of drug-likeness (QED) is 0.814. The smallest absolute Gasteiger partial charge is 0.251 e. The Morgan fingerprint density at radius 2 is 1.97 bits per heavy atom. The van der Waals surface area contributed by atoms with Crippen LogP contribution in [0, 0.1) is 5.82 Å². The van der Waals surface area contributed by atoms with Crippen LogP contribution in [-0.4, -0.2) is 28.2 Å². The minimum atomic E-state index is -0.557. The summed E-state index contributed by atoms with van der Waals surface area (Å²) in [5.41, 5.74) is 6.98. The molecular weight excluding hydrogens is 371 g/mol. The van der Waals surface area contributed by atoms with Crippen molar-refractivity contribution in [3.8, 4) is 0 Å². The predicted molar refractivity (Wildman–Crippen MR) is 110 cm³/mol. The Morgan fingerprint density at radius 3 is 2.62 bits per heavy atom. The molecule has 0 spiro atoms. The fraction of sp³-hybridized carbons (Fsp3) is 0.318. The molecule has 0 aliphatic carbocycles. The lowest BCUT2D eigenvalue weighted by Crippen LogP contribution is -2.49. The Labute approximate surface area is 169 Å². The first-order valence-corrected chi connectivity index (χ1v) is 9.45. The maximum atomic E-state index is 14.2. The molecule has 0 aromatic heterocycles. The molecule has 2 amide bonds. The molecule has 1 aliphatic heterocycles. The molecule has 0 radical (unpaired) electrons. The molecule has 1 heterocycles. The van der Waals surface area contributed by atoms with E-state index in [1.54, 1.807) is 6.07 Å². The standard InChI is InChI=1S/C22H25FN4O2/c1-14(16-7-5-4-6-8-16)25-20(29)17-9-15(10-18(23)11-17)13-27-19(28)12-22(2,3)26-21(27)24/h4-11,14H,12-13H2,1-3H3,(H2,24,26)(H,25,29)/t14-/m0/s1. The van der Waals surface area contributed by atoms with Gasteiger partial charge in [0, 0.05) is 5.56 Å². The number of benzene rings is 2. The largest absolute Gasteiger partial charge is 0.369 e. The number of carbonyl (C=O) groups is 2. The van der Waals surface area contributed by atoms with Gasteiger partial charge in [0.25, 0.3) is 5.91 Å². The van der Waals surface area contributed by atoms with Gasteiger partial charge in [-0.2, -0.15) is 0 Å². The molecule has 3 rings (SSSR count). The van der Waals surface area contributed by atoms with Crippen LogP contribution in [0.2, 0.25) is 0 Å². The fourth-order valence-corrected chi connectivity index (χ4v) is 3.33. The summed E-state index contributed by atoms with van der Waals surface area (Å²) in [6.07, 6.45) is 0.213. The number of hydrogen-bond donors (Lipinski definition) is 2. The van der Waals surface area contributed by atoms with Crippen LogP contribution >= 0.6 is 0 Å². The van der Waals surface area contributed by atoms with Crippen molar-refractivity contribution >= 4 is 17.8 Å².